The molecular formula is C17H20N4O2. The quantitative estimate of drug-likeness (QED) is 0.852. The van der Waals surface area contributed by atoms with Crippen LogP contribution in [0.5, 0.6) is 6.01 Å². The fourth-order valence-electron chi connectivity index (χ4n) is 2.33. The van der Waals surface area contributed by atoms with E-state index in [9.17, 15) is 4.79 Å². The van der Waals surface area contributed by atoms with E-state index in [4.69, 9.17) is 10.5 Å². The summed E-state index contributed by atoms with van der Waals surface area (Å²) in [5.41, 5.74) is 7.65. The first-order chi connectivity index (χ1) is 11.2. The smallest absolute Gasteiger partial charge is 0.318 e. The highest BCUT2D eigenvalue weighted by Gasteiger charge is 2.24. The van der Waals surface area contributed by atoms with E-state index >= 15 is 0 Å². The van der Waals surface area contributed by atoms with Gasteiger partial charge in [0.05, 0.1) is 0 Å². The number of hydrogen-bond acceptors (Lipinski definition) is 5. The van der Waals surface area contributed by atoms with Crippen LogP contribution in [0.2, 0.25) is 0 Å². The molecule has 2 aromatic rings. The summed E-state index contributed by atoms with van der Waals surface area (Å²) in [6.45, 7) is 0.937. The number of carbonyl (C=O) groups excluding carboxylic acids is 1. The molecule has 1 fully saturated rings. The molecule has 0 aliphatic heterocycles. The van der Waals surface area contributed by atoms with Gasteiger partial charge >= 0.3 is 6.01 Å². The molecule has 23 heavy (non-hydrogen) atoms. The summed E-state index contributed by atoms with van der Waals surface area (Å²) in [5.74, 6) is 0.774. The Bertz CT molecular complexity index is 669. The minimum absolute atomic E-state index is 0.169. The Hall–Kier alpha value is -2.63. The lowest BCUT2D eigenvalue weighted by Gasteiger charge is -2.24. The van der Waals surface area contributed by atoms with Gasteiger partial charge in [0, 0.05) is 18.7 Å². The van der Waals surface area contributed by atoms with Gasteiger partial charge in [-0.25, -0.2) is 4.98 Å². The molecule has 1 saturated carbocycles. The number of carbonyl (C=O) groups is 1. The standard InChI is InChI=1S/C17H20N4O2/c18-15-8-9-19-17(21-15)23-11-13-6-4-12(5-7-13)10-20-16(22)14-2-1-3-14/h4-9,14H,1-3,10-11H2,(H,20,22)(H2,18,19,21). The summed E-state index contributed by atoms with van der Waals surface area (Å²) in [6, 6.07) is 9.79. The molecule has 0 spiro atoms. The molecule has 0 bridgehead atoms. The Kier molecular flexibility index (Phi) is 4.71. The van der Waals surface area contributed by atoms with Crippen LogP contribution < -0.4 is 15.8 Å². The maximum Gasteiger partial charge on any atom is 0.318 e. The van der Waals surface area contributed by atoms with Crippen molar-refractivity contribution in [3.63, 3.8) is 0 Å². The van der Waals surface area contributed by atoms with Crippen LogP contribution in [0.25, 0.3) is 0 Å². The zero-order valence-electron chi connectivity index (χ0n) is 12.9. The van der Waals surface area contributed by atoms with Crippen LogP contribution in [0.1, 0.15) is 30.4 Å². The normalized spacial score (nSPS) is 14.1. The number of anilines is 1. The molecule has 0 atom stereocenters. The van der Waals surface area contributed by atoms with E-state index in [-0.39, 0.29) is 17.8 Å². The molecule has 1 heterocycles. The van der Waals surface area contributed by atoms with Gasteiger partial charge in [-0.3, -0.25) is 4.79 Å². The van der Waals surface area contributed by atoms with Crippen molar-refractivity contribution >= 4 is 11.7 Å². The van der Waals surface area contributed by atoms with Crippen molar-refractivity contribution in [1.82, 2.24) is 15.3 Å². The third-order valence-corrected chi connectivity index (χ3v) is 3.99. The summed E-state index contributed by atoms with van der Waals surface area (Å²) >= 11 is 0. The lowest BCUT2D eigenvalue weighted by atomic mass is 9.85. The van der Waals surface area contributed by atoms with Crippen LogP contribution in [0.4, 0.5) is 5.82 Å². The van der Waals surface area contributed by atoms with Gasteiger partial charge < -0.3 is 15.8 Å². The van der Waals surface area contributed by atoms with Gasteiger partial charge in [-0.2, -0.15) is 4.98 Å². The van der Waals surface area contributed by atoms with Crippen molar-refractivity contribution in [3.05, 3.63) is 47.7 Å². The number of hydrogen-bond donors (Lipinski definition) is 2. The largest absolute Gasteiger partial charge is 0.459 e. The molecule has 6 nitrogen and oxygen atoms in total. The molecular weight excluding hydrogens is 292 g/mol. The topological polar surface area (TPSA) is 90.1 Å². The monoisotopic (exact) mass is 312 g/mol. The van der Waals surface area contributed by atoms with Crippen LogP contribution in [0, 0.1) is 5.92 Å². The van der Waals surface area contributed by atoms with Gasteiger partial charge in [0.25, 0.3) is 0 Å². The van der Waals surface area contributed by atoms with Crippen molar-refractivity contribution in [2.75, 3.05) is 5.73 Å². The third-order valence-electron chi connectivity index (χ3n) is 3.99. The van der Waals surface area contributed by atoms with Crippen LogP contribution in [0.15, 0.2) is 36.5 Å². The average molecular weight is 312 g/mol. The molecule has 1 aromatic heterocycles. The molecule has 6 heteroatoms. The molecule has 1 aliphatic carbocycles. The summed E-state index contributed by atoms with van der Waals surface area (Å²) in [7, 11) is 0. The van der Waals surface area contributed by atoms with Crippen LogP contribution in [-0.4, -0.2) is 15.9 Å². The molecule has 0 unspecified atom stereocenters. The molecule has 3 rings (SSSR count). The molecule has 120 valence electrons. The maximum atomic E-state index is 11.8. The van der Waals surface area contributed by atoms with Crippen molar-refractivity contribution < 1.29 is 9.53 Å². The van der Waals surface area contributed by atoms with Gasteiger partial charge in [-0.05, 0) is 30.0 Å². The number of nitrogen functional groups attached to an aromatic ring is 1. The number of nitrogens with two attached hydrogens (primary N) is 1. The molecule has 3 N–H and O–H groups in total. The molecule has 0 saturated heterocycles. The highest BCUT2D eigenvalue weighted by atomic mass is 16.5. The molecule has 0 radical (unpaired) electrons. The SMILES string of the molecule is Nc1ccnc(OCc2ccc(CNC(=O)C3CCC3)cc2)n1. The van der Waals surface area contributed by atoms with Crippen molar-refractivity contribution in [3.8, 4) is 6.01 Å². The zero-order chi connectivity index (χ0) is 16.1. The molecule has 1 aliphatic rings. The Morgan fingerprint density at radius 3 is 2.61 bits per heavy atom. The number of nitrogens with zero attached hydrogens (tertiary/aromatic N) is 2. The predicted octanol–water partition coefficient (Wildman–Crippen LogP) is 2.05. The third kappa shape index (κ3) is 4.18. The highest BCUT2D eigenvalue weighted by Crippen LogP contribution is 2.26. The van der Waals surface area contributed by atoms with Gasteiger partial charge in [-0.1, -0.05) is 30.7 Å². The predicted molar refractivity (Wildman–Crippen MR) is 86.4 cm³/mol. The zero-order valence-corrected chi connectivity index (χ0v) is 12.9. The highest BCUT2D eigenvalue weighted by molar-refractivity contribution is 5.79. The van der Waals surface area contributed by atoms with Crippen molar-refractivity contribution in [2.45, 2.75) is 32.4 Å². The van der Waals surface area contributed by atoms with Crippen LogP contribution >= 0.6 is 0 Å². The summed E-state index contributed by atoms with van der Waals surface area (Å²) in [5, 5.41) is 2.98. The summed E-state index contributed by atoms with van der Waals surface area (Å²) in [4.78, 5) is 19.8. The second-order valence-corrected chi connectivity index (χ2v) is 5.71. The van der Waals surface area contributed by atoms with Crippen molar-refractivity contribution in [1.29, 1.82) is 0 Å². The van der Waals surface area contributed by atoms with E-state index in [0.29, 0.717) is 19.0 Å². The van der Waals surface area contributed by atoms with E-state index in [1.54, 1.807) is 12.3 Å². The average Bonchev–Trinajstić information content (AvgIpc) is 2.50. The fourth-order valence-corrected chi connectivity index (χ4v) is 2.33. The first kappa shape index (κ1) is 15.3. The fraction of sp³-hybridized carbons (Fsp3) is 0.353. The summed E-state index contributed by atoms with van der Waals surface area (Å²) in [6.07, 6.45) is 4.78. The second-order valence-electron chi connectivity index (χ2n) is 5.71. The maximum absolute atomic E-state index is 11.8. The molecule has 1 amide bonds. The Balaban J connectivity index is 1.47. The van der Waals surface area contributed by atoms with E-state index < -0.39 is 0 Å². The minimum Gasteiger partial charge on any atom is -0.459 e. The van der Waals surface area contributed by atoms with Crippen molar-refractivity contribution in [2.24, 2.45) is 5.92 Å². The van der Waals surface area contributed by atoms with Gasteiger partial charge in [0.1, 0.15) is 12.4 Å². The number of amides is 1. The van der Waals surface area contributed by atoms with E-state index in [2.05, 4.69) is 15.3 Å². The second kappa shape index (κ2) is 7.09. The van der Waals surface area contributed by atoms with Gasteiger partial charge in [0.15, 0.2) is 0 Å². The van der Waals surface area contributed by atoms with E-state index in [0.717, 1.165) is 24.0 Å². The minimum atomic E-state index is 0.169. The number of rotatable bonds is 6. The number of benzene rings is 1. The van der Waals surface area contributed by atoms with Gasteiger partial charge in [-0.15, -0.1) is 0 Å². The Morgan fingerprint density at radius 2 is 1.96 bits per heavy atom. The van der Waals surface area contributed by atoms with Crippen LogP contribution in [0.3, 0.4) is 0 Å². The number of aromatic nitrogens is 2. The lowest BCUT2D eigenvalue weighted by Crippen LogP contribution is -2.33. The molecule has 1 aromatic carbocycles. The summed E-state index contributed by atoms with van der Waals surface area (Å²) < 4.78 is 5.49. The van der Waals surface area contributed by atoms with E-state index in [1.165, 1.54) is 6.42 Å². The van der Waals surface area contributed by atoms with Crippen LogP contribution in [-0.2, 0) is 17.9 Å². The van der Waals surface area contributed by atoms with E-state index in [1.807, 2.05) is 24.3 Å². The first-order valence-corrected chi connectivity index (χ1v) is 7.77. The number of ether oxygens (including phenoxy) is 1. The number of nitrogens with one attached hydrogen (secondary N) is 1. The first-order valence-electron chi connectivity index (χ1n) is 7.77. The lowest BCUT2D eigenvalue weighted by molar-refractivity contribution is -0.127. The van der Waals surface area contributed by atoms with Gasteiger partial charge in [0.2, 0.25) is 5.91 Å². The Labute approximate surface area is 135 Å². The Morgan fingerprint density at radius 1 is 1.22 bits per heavy atom.